The Balaban J connectivity index is 1.57. The van der Waals surface area contributed by atoms with Gasteiger partial charge in [-0.05, 0) is 31.7 Å². The molecule has 8 nitrogen and oxygen atoms in total. The number of ether oxygens (including phenoxy) is 1. The van der Waals surface area contributed by atoms with Crippen LogP contribution in [0.4, 0.5) is 5.95 Å². The number of rotatable bonds is 4. The van der Waals surface area contributed by atoms with E-state index in [1.807, 2.05) is 11.0 Å². The summed E-state index contributed by atoms with van der Waals surface area (Å²) in [6.45, 7) is 4.04. The highest BCUT2D eigenvalue weighted by Gasteiger charge is 2.43. The third-order valence-corrected chi connectivity index (χ3v) is 6.35. The number of piperidine rings is 1. The molecule has 4 heterocycles. The van der Waals surface area contributed by atoms with Crippen LogP contribution < -0.4 is 4.90 Å². The van der Waals surface area contributed by atoms with Gasteiger partial charge in [0.1, 0.15) is 0 Å². The third-order valence-electron chi connectivity index (χ3n) is 6.35. The summed E-state index contributed by atoms with van der Waals surface area (Å²) in [6, 6.07) is 1.90. The third kappa shape index (κ3) is 4.22. The van der Waals surface area contributed by atoms with E-state index in [1.54, 1.807) is 25.2 Å². The van der Waals surface area contributed by atoms with Crippen molar-refractivity contribution in [3.8, 4) is 0 Å². The zero-order chi connectivity index (χ0) is 20.4. The average molecular weight is 402 g/mol. The first-order valence-corrected chi connectivity index (χ1v) is 10.7. The van der Waals surface area contributed by atoms with E-state index >= 15 is 0 Å². The molecule has 1 unspecified atom stereocenters. The molecule has 0 aliphatic carbocycles. The molecule has 29 heavy (non-hydrogen) atoms. The highest BCUT2D eigenvalue weighted by Crippen LogP contribution is 2.35. The largest absolute Gasteiger partial charge is 0.381 e. The summed E-state index contributed by atoms with van der Waals surface area (Å²) in [5, 5.41) is 0. The van der Waals surface area contributed by atoms with Crippen LogP contribution in [0.25, 0.3) is 0 Å². The molecule has 3 saturated heterocycles. The molecule has 3 fully saturated rings. The Morgan fingerprint density at radius 1 is 1.17 bits per heavy atom. The van der Waals surface area contributed by atoms with Crippen LogP contribution in [0.3, 0.4) is 0 Å². The predicted molar refractivity (Wildman–Crippen MR) is 109 cm³/mol. The lowest BCUT2D eigenvalue weighted by molar-refractivity contribution is -0.135. The van der Waals surface area contributed by atoms with Gasteiger partial charge >= 0.3 is 0 Å². The van der Waals surface area contributed by atoms with E-state index in [2.05, 4.69) is 9.88 Å². The predicted octanol–water partition coefficient (Wildman–Crippen LogP) is 1.13. The monoisotopic (exact) mass is 401 g/mol. The molecule has 0 radical (unpaired) electrons. The van der Waals surface area contributed by atoms with Crippen molar-refractivity contribution in [3.63, 3.8) is 0 Å². The Kier molecular flexibility index (Phi) is 5.99. The maximum Gasteiger partial charge on any atom is 0.228 e. The van der Waals surface area contributed by atoms with Crippen molar-refractivity contribution in [2.24, 2.45) is 11.8 Å². The van der Waals surface area contributed by atoms with E-state index in [0.29, 0.717) is 26.3 Å². The van der Waals surface area contributed by atoms with Gasteiger partial charge in [0.2, 0.25) is 17.8 Å². The van der Waals surface area contributed by atoms with Crippen LogP contribution in [0.1, 0.15) is 37.3 Å². The van der Waals surface area contributed by atoms with Crippen molar-refractivity contribution in [1.82, 2.24) is 19.8 Å². The number of amides is 2. The Morgan fingerprint density at radius 2 is 1.97 bits per heavy atom. The second-order valence-electron chi connectivity index (χ2n) is 8.58. The molecule has 4 rings (SSSR count). The molecule has 0 spiro atoms. The van der Waals surface area contributed by atoms with Crippen LogP contribution in [0.5, 0.6) is 0 Å². The first kappa shape index (κ1) is 20.1. The van der Waals surface area contributed by atoms with Crippen LogP contribution in [0.2, 0.25) is 0 Å². The Morgan fingerprint density at radius 3 is 2.66 bits per heavy atom. The topological polar surface area (TPSA) is 78.9 Å². The minimum Gasteiger partial charge on any atom is -0.381 e. The van der Waals surface area contributed by atoms with Gasteiger partial charge in [0.05, 0.1) is 24.1 Å². The molecule has 0 N–H and O–H groups in total. The van der Waals surface area contributed by atoms with Gasteiger partial charge in [-0.1, -0.05) is 0 Å². The van der Waals surface area contributed by atoms with Crippen molar-refractivity contribution in [1.29, 1.82) is 0 Å². The average Bonchev–Trinajstić information content (AvgIpc) is 3.44. The van der Waals surface area contributed by atoms with E-state index < -0.39 is 0 Å². The second-order valence-corrected chi connectivity index (χ2v) is 8.58. The zero-order valence-corrected chi connectivity index (χ0v) is 17.4. The summed E-state index contributed by atoms with van der Waals surface area (Å²) in [6.07, 6.45) is 6.12. The maximum absolute atomic E-state index is 13.0. The minimum atomic E-state index is -0.277. The maximum atomic E-state index is 13.0. The Labute approximate surface area is 172 Å². The van der Waals surface area contributed by atoms with Crippen LogP contribution in [0, 0.1) is 11.8 Å². The van der Waals surface area contributed by atoms with Crippen LogP contribution >= 0.6 is 0 Å². The van der Waals surface area contributed by atoms with Gasteiger partial charge < -0.3 is 19.4 Å². The van der Waals surface area contributed by atoms with Crippen LogP contribution in [-0.2, 0) is 14.3 Å². The quantitative estimate of drug-likeness (QED) is 0.753. The van der Waals surface area contributed by atoms with Crippen molar-refractivity contribution in [2.45, 2.75) is 31.6 Å². The number of nitrogens with zero attached hydrogens (tertiary/aromatic N) is 5. The molecular weight excluding hydrogens is 370 g/mol. The molecule has 3 aliphatic heterocycles. The number of likely N-dealkylation sites (tertiary alicyclic amines) is 1. The van der Waals surface area contributed by atoms with E-state index in [9.17, 15) is 9.59 Å². The summed E-state index contributed by atoms with van der Waals surface area (Å²) >= 11 is 0. The van der Waals surface area contributed by atoms with Crippen LogP contribution in [-0.4, -0.2) is 85.1 Å². The molecule has 2 amide bonds. The molecule has 0 saturated carbocycles. The molecule has 3 atom stereocenters. The summed E-state index contributed by atoms with van der Waals surface area (Å²) in [5.41, 5.74) is 0.860. The molecule has 0 aromatic carbocycles. The van der Waals surface area contributed by atoms with Gasteiger partial charge in [0.25, 0.3) is 0 Å². The van der Waals surface area contributed by atoms with Gasteiger partial charge in [0, 0.05) is 59.0 Å². The van der Waals surface area contributed by atoms with Crippen molar-refractivity contribution >= 4 is 17.8 Å². The highest BCUT2D eigenvalue weighted by atomic mass is 16.5. The van der Waals surface area contributed by atoms with Crippen LogP contribution in [0.15, 0.2) is 12.3 Å². The highest BCUT2D eigenvalue weighted by molar-refractivity contribution is 5.84. The van der Waals surface area contributed by atoms with Gasteiger partial charge in [-0.2, -0.15) is 0 Å². The van der Waals surface area contributed by atoms with Gasteiger partial charge in [-0.3, -0.25) is 9.59 Å². The van der Waals surface area contributed by atoms with E-state index in [4.69, 9.17) is 9.72 Å². The molecule has 0 bridgehead atoms. The number of hydrogen-bond donors (Lipinski definition) is 0. The minimum absolute atomic E-state index is 0.0473. The first-order valence-electron chi connectivity index (χ1n) is 10.7. The molecular formula is C21H31N5O3. The number of anilines is 1. The summed E-state index contributed by atoms with van der Waals surface area (Å²) in [5.74, 6) is 0.423. The molecule has 8 heteroatoms. The summed E-state index contributed by atoms with van der Waals surface area (Å²) in [4.78, 5) is 40.9. The second kappa shape index (κ2) is 8.65. The summed E-state index contributed by atoms with van der Waals surface area (Å²) in [7, 11) is 3.54. The first-order chi connectivity index (χ1) is 14.0. The lowest BCUT2D eigenvalue weighted by Crippen LogP contribution is -2.37. The van der Waals surface area contributed by atoms with E-state index in [1.165, 1.54) is 6.42 Å². The Hall–Kier alpha value is -2.22. The standard InChI is InChI=1S/C21H31N5O3/c1-24(2)20(28)17-13-26(19(27)15-7-11-29-14-15)12-16(17)18-6-8-22-21(23-18)25-9-4-3-5-10-25/h6,8,15-17H,3-5,7,9-14H2,1-2H3/t15?,16-,17-/m0/s1. The molecule has 3 aliphatic rings. The van der Waals surface area contributed by atoms with Crippen molar-refractivity contribution in [2.75, 3.05) is 58.4 Å². The number of carbonyl (C=O) groups is 2. The van der Waals surface area contributed by atoms with Gasteiger partial charge in [-0.25, -0.2) is 9.97 Å². The van der Waals surface area contributed by atoms with Gasteiger partial charge in [0.15, 0.2) is 0 Å². The van der Waals surface area contributed by atoms with Crippen molar-refractivity contribution < 1.29 is 14.3 Å². The Bertz CT molecular complexity index is 744. The fraction of sp³-hybridized carbons (Fsp3) is 0.714. The normalized spacial score (nSPS) is 27.3. The molecule has 1 aromatic rings. The number of carbonyl (C=O) groups excluding carboxylic acids is 2. The molecule has 158 valence electrons. The SMILES string of the molecule is CN(C)C(=O)[C@H]1CN(C(=O)C2CCOC2)C[C@@H]1c1ccnc(N2CCCCC2)n1. The fourth-order valence-electron chi connectivity index (χ4n) is 4.67. The number of hydrogen-bond acceptors (Lipinski definition) is 6. The lowest BCUT2D eigenvalue weighted by Gasteiger charge is -2.27. The van der Waals surface area contributed by atoms with Gasteiger partial charge in [-0.15, -0.1) is 0 Å². The summed E-state index contributed by atoms with van der Waals surface area (Å²) < 4.78 is 5.40. The van der Waals surface area contributed by atoms with E-state index in [0.717, 1.165) is 44.0 Å². The molecule has 1 aromatic heterocycles. The lowest BCUT2D eigenvalue weighted by atomic mass is 9.91. The van der Waals surface area contributed by atoms with Crippen molar-refractivity contribution in [3.05, 3.63) is 18.0 Å². The smallest absolute Gasteiger partial charge is 0.228 e. The van der Waals surface area contributed by atoms with E-state index in [-0.39, 0.29) is 29.6 Å². The fourth-order valence-corrected chi connectivity index (χ4v) is 4.67. The zero-order valence-electron chi connectivity index (χ0n) is 17.4. The number of aromatic nitrogens is 2.